The van der Waals surface area contributed by atoms with E-state index < -0.39 is 17.7 Å². The molecular weight excluding hydrogens is 458 g/mol. The number of methoxy groups -OCH3 is 1. The molecule has 8 nitrogen and oxygen atoms in total. The zero-order chi connectivity index (χ0) is 25.5. The summed E-state index contributed by atoms with van der Waals surface area (Å²) in [5.41, 5.74) is 1.21. The predicted octanol–water partition coefficient (Wildman–Crippen LogP) is 4.58. The van der Waals surface area contributed by atoms with E-state index in [0.717, 1.165) is 18.4 Å². The summed E-state index contributed by atoms with van der Waals surface area (Å²) in [7, 11) is 1.58. The first-order chi connectivity index (χ1) is 17.5. The molecule has 1 aromatic heterocycles. The number of Topliss-reactive ketones (excluding diaryl/α,β-unsaturated/α-hetero) is 1. The van der Waals surface area contributed by atoms with Gasteiger partial charge in [0.15, 0.2) is 0 Å². The molecule has 1 N–H and O–H groups in total. The van der Waals surface area contributed by atoms with Gasteiger partial charge < -0.3 is 24.0 Å². The number of imidazole rings is 1. The average Bonchev–Trinajstić information content (AvgIpc) is 3.51. The van der Waals surface area contributed by atoms with Crippen LogP contribution in [0.15, 0.2) is 72.8 Å². The highest BCUT2D eigenvalue weighted by atomic mass is 16.5. The molecule has 8 heteroatoms. The smallest absolute Gasteiger partial charge is 0.295 e. The van der Waals surface area contributed by atoms with E-state index in [2.05, 4.69) is 11.9 Å². The Hall–Kier alpha value is -4.07. The van der Waals surface area contributed by atoms with Crippen molar-refractivity contribution in [1.29, 1.82) is 0 Å². The molecule has 1 amide bonds. The summed E-state index contributed by atoms with van der Waals surface area (Å²) in [6.45, 7) is 3.64. The number of carbonyl (C=O) groups is 2. The van der Waals surface area contributed by atoms with Gasteiger partial charge >= 0.3 is 0 Å². The number of likely N-dealkylation sites (tertiary alicyclic amines) is 1. The van der Waals surface area contributed by atoms with Gasteiger partial charge in [0.1, 0.15) is 17.3 Å². The Kier molecular flexibility index (Phi) is 8.05. The normalized spacial score (nSPS) is 16.9. The largest absolute Gasteiger partial charge is 0.507 e. The van der Waals surface area contributed by atoms with Gasteiger partial charge in [-0.15, -0.1) is 0 Å². The molecule has 36 heavy (non-hydrogen) atoms. The first-order valence-corrected chi connectivity index (χ1v) is 12.1. The van der Waals surface area contributed by atoms with Crippen LogP contribution in [0.5, 0.6) is 11.5 Å². The molecule has 0 saturated carbocycles. The number of hydrogen-bond donors (Lipinski definition) is 1. The minimum atomic E-state index is -0.719. The van der Waals surface area contributed by atoms with Gasteiger partial charge in [0, 0.05) is 31.0 Å². The number of nitrogens with zero attached hydrogens (tertiary/aromatic N) is 3. The molecule has 2 heterocycles. The Morgan fingerprint density at radius 2 is 1.86 bits per heavy atom. The molecule has 0 spiro atoms. The van der Waals surface area contributed by atoms with E-state index in [1.807, 2.05) is 29.0 Å². The number of ether oxygens (including phenoxy) is 2. The first-order valence-electron chi connectivity index (χ1n) is 12.1. The van der Waals surface area contributed by atoms with E-state index in [-0.39, 0.29) is 11.3 Å². The number of aliphatic hydroxyl groups is 1. The fourth-order valence-electron chi connectivity index (χ4n) is 4.31. The van der Waals surface area contributed by atoms with Crippen molar-refractivity contribution in [3.8, 4) is 11.5 Å². The molecule has 0 aliphatic carbocycles. The summed E-state index contributed by atoms with van der Waals surface area (Å²) in [5.74, 6) is -0.283. The summed E-state index contributed by atoms with van der Waals surface area (Å²) in [6, 6.07) is 13.4. The number of aromatic nitrogens is 2. The zero-order valence-corrected chi connectivity index (χ0v) is 20.6. The Labute approximate surface area is 210 Å². The minimum Gasteiger partial charge on any atom is -0.507 e. The second-order valence-corrected chi connectivity index (χ2v) is 8.65. The molecule has 3 aromatic rings. The fraction of sp³-hybridized carbons (Fsp3) is 0.321. The molecule has 1 atom stereocenters. The summed E-state index contributed by atoms with van der Waals surface area (Å²) in [6.07, 6.45) is 7.81. The van der Waals surface area contributed by atoms with Crippen molar-refractivity contribution in [2.24, 2.45) is 0 Å². The molecule has 188 valence electrons. The van der Waals surface area contributed by atoms with Crippen molar-refractivity contribution in [3.05, 3.63) is 84.0 Å². The first kappa shape index (κ1) is 25.0. The van der Waals surface area contributed by atoms with Gasteiger partial charge in [-0.2, -0.15) is 0 Å². The summed E-state index contributed by atoms with van der Waals surface area (Å²) in [5, 5.41) is 11.3. The average molecular weight is 490 g/mol. The highest BCUT2D eigenvalue weighted by Crippen LogP contribution is 2.40. The van der Waals surface area contributed by atoms with Crippen LogP contribution < -0.4 is 9.47 Å². The van der Waals surface area contributed by atoms with Gasteiger partial charge in [-0.25, -0.2) is 4.98 Å². The number of aliphatic hydroxyl groups excluding tert-OH is 1. The van der Waals surface area contributed by atoms with Gasteiger partial charge in [-0.3, -0.25) is 9.59 Å². The van der Waals surface area contributed by atoms with Crippen LogP contribution in [0, 0.1) is 0 Å². The van der Waals surface area contributed by atoms with E-state index in [1.54, 1.807) is 50.0 Å². The Bertz CT molecular complexity index is 1220. The quantitative estimate of drug-likeness (QED) is 0.183. The van der Waals surface area contributed by atoms with Crippen LogP contribution >= 0.6 is 0 Å². The fourth-order valence-corrected chi connectivity index (χ4v) is 4.31. The second kappa shape index (κ2) is 11.6. The number of unbranched alkanes of at least 4 members (excludes halogenated alkanes) is 1. The number of amides is 1. The van der Waals surface area contributed by atoms with Crippen LogP contribution in [-0.4, -0.2) is 51.5 Å². The highest BCUT2D eigenvalue weighted by molar-refractivity contribution is 6.46. The maximum Gasteiger partial charge on any atom is 0.295 e. The zero-order valence-electron chi connectivity index (χ0n) is 20.6. The maximum atomic E-state index is 13.2. The number of hydrogen-bond acceptors (Lipinski definition) is 6. The minimum absolute atomic E-state index is 0.0681. The third-order valence-electron chi connectivity index (χ3n) is 6.22. The van der Waals surface area contributed by atoms with Gasteiger partial charge in [0.05, 0.1) is 31.7 Å². The van der Waals surface area contributed by atoms with Gasteiger partial charge in [-0.1, -0.05) is 37.6 Å². The standard InChI is InChI=1S/C28H31N3O5/c1-3-4-17-36-23-8-5-7-21(18-23)26(32)24-25(20-9-11-22(35-2)12-10-20)31(28(34)27(24)33)15-6-14-30-16-13-29-19-30/h5,7-13,16,18-19,25,32H,3-4,6,14-15,17H2,1-2H3/b26-24+. The third-order valence-corrected chi connectivity index (χ3v) is 6.22. The number of rotatable bonds is 11. The van der Waals surface area contributed by atoms with Gasteiger partial charge in [0.2, 0.25) is 0 Å². The van der Waals surface area contributed by atoms with E-state index in [0.29, 0.717) is 43.2 Å². The molecule has 0 radical (unpaired) electrons. The summed E-state index contributed by atoms with van der Waals surface area (Å²) >= 11 is 0. The molecule has 0 bridgehead atoms. The molecule has 1 aliphatic heterocycles. The Balaban J connectivity index is 1.69. The molecule has 4 rings (SSSR count). The lowest BCUT2D eigenvalue weighted by Gasteiger charge is -2.25. The lowest BCUT2D eigenvalue weighted by molar-refractivity contribution is -0.139. The van der Waals surface area contributed by atoms with Crippen molar-refractivity contribution < 1.29 is 24.2 Å². The SMILES string of the molecule is CCCCOc1cccc(/C(O)=C2\C(=O)C(=O)N(CCCn3ccnc3)C2c2ccc(OC)cc2)c1. The van der Waals surface area contributed by atoms with Gasteiger partial charge in [0.25, 0.3) is 11.7 Å². The maximum absolute atomic E-state index is 13.2. The van der Waals surface area contributed by atoms with Gasteiger partial charge in [-0.05, 0) is 42.7 Å². The van der Waals surface area contributed by atoms with E-state index >= 15 is 0 Å². The van der Waals surface area contributed by atoms with Crippen molar-refractivity contribution in [2.45, 2.75) is 38.8 Å². The lowest BCUT2D eigenvalue weighted by atomic mass is 9.95. The summed E-state index contributed by atoms with van der Waals surface area (Å²) < 4.78 is 13.0. The molecule has 2 aromatic carbocycles. The Morgan fingerprint density at radius 1 is 1.06 bits per heavy atom. The lowest BCUT2D eigenvalue weighted by Crippen LogP contribution is -2.31. The van der Waals surface area contributed by atoms with Crippen LogP contribution in [0.1, 0.15) is 43.4 Å². The number of ketones is 1. The van der Waals surface area contributed by atoms with Crippen molar-refractivity contribution >= 4 is 17.4 Å². The summed E-state index contributed by atoms with van der Waals surface area (Å²) in [4.78, 5) is 32.0. The highest BCUT2D eigenvalue weighted by Gasteiger charge is 2.45. The Morgan fingerprint density at radius 3 is 2.56 bits per heavy atom. The van der Waals surface area contributed by atoms with Crippen LogP contribution in [-0.2, 0) is 16.1 Å². The van der Waals surface area contributed by atoms with Crippen LogP contribution in [0.25, 0.3) is 5.76 Å². The van der Waals surface area contributed by atoms with Crippen molar-refractivity contribution in [3.63, 3.8) is 0 Å². The molecular formula is C28H31N3O5. The second-order valence-electron chi connectivity index (χ2n) is 8.65. The topological polar surface area (TPSA) is 93.9 Å². The molecule has 1 aliphatic rings. The van der Waals surface area contributed by atoms with Crippen molar-refractivity contribution in [2.75, 3.05) is 20.3 Å². The van der Waals surface area contributed by atoms with E-state index in [4.69, 9.17) is 9.47 Å². The number of aryl methyl sites for hydroxylation is 1. The van der Waals surface area contributed by atoms with Crippen molar-refractivity contribution in [1.82, 2.24) is 14.5 Å². The monoisotopic (exact) mass is 489 g/mol. The molecule has 1 fully saturated rings. The van der Waals surface area contributed by atoms with E-state index in [1.165, 1.54) is 4.90 Å². The molecule has 1 unspecified atom stereocenters. The predicted molar refractivity (Wildman–Crippen MR) is 136 cm³/mol. The van der Waals surface area contributed by atoms with Crippen LogP contribution in [0.4, 0.5) is 0 Å². The van der Waals surface area contributed by atoms with Crippen LogP contribution in [0.3, 0.4) is 0 Å². The number of carbonyl (C=O) groups excluding carboxylic acids is 2. The number of benzene rings is 2. The third kappa shape index (κ3) is 5.43. The molecule has 1 saturated heterocycles. The van der Waals surface area contributed by atoms with Crippen LogP contribution in [0.2, 0.25) is 0 Å². The van der Waals surface area contributed by atoms with E-state index in [9.17, 15) is 14.7 Å².